The maximum Gasteiger partial charge on any atom is 0.314 e. The van der Waals surface area contributed by atoms with Crippen LogP contribution >= 0.6 is 0 Å². The van der Waals surface area contributed by atoms with Crippen molar-refractivity contribution in [1.29, 1.82) is 0 Å². The zero-order valence-electron chi connectivity index (χ0n) is 19.8. The zero-order valence-corrected chi connectivity index (χ0v) is 20.5. The van der Waals surface area contributed by atoms with Crippen LogP contribution in [0.1, 0.15) is 37.3 Å². The molecule has 0 aliphatic carbocycles. The number of ether oxygens (including phenoxy) is 1. The molecule has 182 valence electrons. The molecule has 2 atom stereocenters. The molecule has 7 heteroatoms. The fourth-order valence-electron chi connectivity index (χ4n) is 5.04. The first kappa shape index (κ1) is 25.8. The van der Waals surface area contributed by atoms with Crippen molar-refractivity contribution in [1.82, 2.24) is 9.88 Å². The second kappa shape index (κ2) is 11.5. The third-order valence-electron chi connectivity index (χ3n) is 6.72. The number of carbonyl (C=O) groups excluding carboxylic acids is 2. The van der Waals surface area contributed by atoms with Crippen molar-refractivity contribution in [2.24, 2.45) is 5.41 Å². The number of nitrogens with zero attached hydrogens (tertiary/aromatic N) is 1. The maximum absolute atomic E-state index is 13.5. The van der Waals surface area contributed by atoms with Crippen molar-refractivity contribution in [3.8, 4) is 0 Å². The minimum Gasteiger partial charge on any atom is -1.00 e. The molecular formula is C27H34ClN3O3. The van der Waals surface area contributed by atoms with Crippen LogP contribution < -0.4 is 18.1 Å². The molecular weight excluding hydrogens is 450 g/mol. The summed E-state index contributed by atoms with van der Waals surface area (Å²) in [5, 5.41) is 1.12. The van der Waals surface area contributed by atoms with E-state index in [1.165, 1.54) is 0 Å². The SMILES string of the molecule is CCOC(=O)C1(Cc2ccccc2)CCCCN(C(=O)[C@H]([NH3+])Cc2c[nH]c3ccccc23)C1.[Cl-]. The van der Waals surface area contributed by atoms with Gasteiger partial charge in [-0.05, 0) is 43.4 Å². The molecule has 3 aromatic rings. The van der Waals surface area contributed by atoms with E-state index < -0.39 is 11.5 Å². The number of likely N-dealkylation sites (tertiary alicyclic amines) is 1. The number of H-pyrrole nitrogens is 1. The molecule has 1 aromatic heterocycles. The number of carbonyl (C=O) groups is 2. The molecule has 6 nitrogen and oxygen atoms in total. The Balaban J connectivity index is 0.00000324. The standard InChI is InChI=1S/C27H33N3O3.ClH/c1-2-33-26(32)27(17-20-10-4-3-5-11-20)14-8-9-15-30(19-27)25(31)23(28)16-21-18-29-24-13-7-6-12-22(21)24;/h3-7,10-13,18,23,29H,2,8-9,14-17,19,28H2,1H3;1H/t23-,27?;/m1./s1. The number of hydrogen-bond donors (Lipinski definition) is 2. The highest BCUT2D eigenvalue weighted by Crippen LogP contribution is 2.35. The highest BCUT2D eigenvalue weighted by atomic mass is 35.5. The number of aromatic amines is 1. The van der Waals surface area contributed by atoms with E-state index in [9.17, 15) is 9.59 Å². The van der Waals surface area contributed by atoms with Gasteiger partial charge in [-0.25, -0.2) is 0 Å². The average Bonchev–Trinajstić information content (AvgIpc) is 3.10. The Bertz CT molecular complexity index is 1100. The number of rotatable bonds is 7. The Morgan fingerprint density at radius 2 is 1.85 bits per heavy atom. The van der Waals surface area contributed by atoms with E-state index in [1.54, 1.807) is 0 Å². The van der Waals surface area contributed by atoms with E-state index in [0.29, 0.717) is 32.5 Å². The van der Waals surface area contributed by atoms with Gasteiger partial charge in [0.25, 0.3) is 5.91 Å². The monoisotopic (exact) mass is 483 g/mol. The first-order valence-corrected chi connectivity index (χ1v) is 11.9. The summed E-state index contributed by atoms with van der Waals surface area (Å²) in [5.41, 5.74) is 6.73. The number of nitrogens with one attached hydrogen (secondary N) is 1. The molecule has 4 rings (SSSR count). The predicted octanol–water partition coefficient (Wildman–Crippen LogP) is 0.130. The van der Waals surface area contributed by atoms with Gasteiger partial charge in [0.15, 0.2) is 6.04 Å². The highest BCUT2D eigenvalue weighted by molar-refractivity contribution is 5.86. The van der Waals surface area contributed by atoms with Crippen molar-refractivity contribution in [3.63, 3.8) is 0 Å². The van der Waals surface area contributed by atoms with Crippen LogP contribution in [0.15, 0.2) is 60.8 Å². The predicted molar refractivity (Wildman–Crippen MR) is 128 cm³/mol. The second-order valence-corrected chi connectivity index (χ2v) is 9.14. The molecule has 2 heterocycles. The molecule has 1 aliphatic rings. The lowest BCUT2D eigenvalue weighted by atomic mass is 9.77. The average molecular weight is 484 g/mol. The van der Waals surface area contributed by atoms with E-state index in [-0.39, 0.29) is 24.3 Å². The van der Waals surface area contributed by atoms with Crippen LogP contribution in [-0.2, 0) is 27.2 Å². The lowest BCUT2D eigenvalue weighted by Crippen LogP contribution is -3.00. The van der Waals surface area contributed by atoms with Crippen molar-refractivity contribution in [2.75, 3.05) is 19.7 Å². The summed E-state index contributed by atoms with van der Waals surface area (Å²) >= 11 is 0. The Hall–Kier alpha value is -2.83. The van der Waals surface area contributed by atoms with Crippen molar-refractivity contribution in [3.05, 3.63) is 71.9 Å². The van der Waals surface area contributed by atoms with Crippen molar-refractivity contribution >= 4 is 22.8 Å². The zero-order chi connectivity index (χ0) is 23.3. The fourth-order valence-corrected chi connectivity index (χ4v) is 5.04. The number of amides is 1. The molecule has 1 fully saturated rings. The summed E-state index contributed by atoms with van der Waals surface area (Å²) in [7, 11) is 0. The van der Waals surface area contributed by atoms with E-state index in [0.717, 1.165) is 41.3 Å². The van der Waals surface area contributed by atoms with Gasteiger partial charge in [0.05, 0.1) is 12.0 Å². The normalized spacial score (nSPS) is 19.2. The number of esters is 1. The summed E-state index contributed by atoms with van der Waals surface area (Å²) in [4.78, 5) is 31.9. The molecule has 0 radical (unpaired) electrons. The first-order chi connectivity index (χ1) is 16.0. The summed E-state index contributed by atoms with van der Waals surface area (Å²) < 4.78 is 5.54. The molecule has 0 saturated carbocycles. The Kier molecular flexibility index (Phi) is 8.75. The van der Waals surface area contributed by atoms with Gasteiger partial charge in [-0.2, -0.15) is 0 Å². The molecule has 4 N–H and O–H groups in total. The molecule has 34 heavy (non-hydrogen) atoms. The number of aromatic nitrogens is 1. The molecule has 1 aliphatic heterocycles. The van der Waals surface area contributed by atoms with E-state index in [2.05, 4.69) is 16.8 Å². The summed E-state index contributed by atoms with van der Waals surface area (Å²) in [6.45, 7) is 3.19. The van der Waals surface area contributed by atoms with Gasteiger partial charge in [-0.3, -0.25) is 9.59 Å². The van der Waals surface area contributed by atoms with Crippen LogP contribution in [0.3, 0.4) is 0 Å². The first-order valence-electron chi connectivity index (χ1n) is 11.9. The molecule has 1 saturated heterocycles. The van der Waals surface area contributed by atoms with Gasteiger partial charge in [0, 0.05) is 36.6 Å². The number of benzene rings is 2. The van der Waals surface area contributed by atoms with Gasteiger partial charge in [-0.15, -0.1) is 0 Å². The number of fused-ring (bicyclic) bond motifs is 1. The van der Waals surface area contributed by atoms with Crippen LogP contribution in [-0.4, -0.2) is 47.5 Å². The van der Waals surface area contributed by atoms with Crippen molar-refractivity contribution in [2.45, 2.75) is 45.1 Å². The minimum atomic E-state index is -0.732. The van der Waals surface area contributed by atoms with Crippen LogP contribution in [0, 0.1) is 5.41 Å². The topological polar surface area (TPSA) is 90.0 Å². The van der Waals surface area contributed by atoms with Crippen LogP contribution in [0.5, 0.6) is 0 Å². The Labute approximate surface area is 207 Å². The lowest BCUT2D eigenvalue weighted by Gasteiger charge is -2.34. The molecule has 2 aromatic carbocycles. The number of hydrogen-bond acceptors (Lipinski definition) is 3. The van der Waals surface area contributed by atoms with Gasteiger partial charge >= 0.3 is 5.97 Å². The van der Waals surface area contributed by atoms with E-state index in [1.807, 2.05) is 66.6 Å². The quantitative estimate of drug-likeness (QED) is 0.468. The third-order valence-corrected chi connectivity index (χ3v) is 6.72. The number of halogens is 1. The number of quaternary nitrogens is 1. The summed E-state index contributed by atoms with van der Waals surface area (Å²) in [5.74, 6) is -0.199. The third kappa shape index (κ3) is 5.62. The van der Waals surface area contributed by atoms with Gasteiger partial charge in [-0.1, -0.05) is 55.0 Å². The Morgan fingerprint density at radius 3 is 2.62 bits per heavy atom. The van der Waals surface area contributed by atoms with E-state index in [4.69, 9.17) is 4.74 Å². The smallest absolute Gasteiger partial charge is 0.314 e. The van der Waals surface area contributed by atoms with Crippen LogP contribution in [0.25, 0.3) is 10.9 Å². The summed E-state index contributed by atoms with van der Waals surface area (Å²) in [6, 6.07) is 17.7. The molecule has 1 amide bonds. The van der Waals surface area contributed by atoms with Crippen LogP contribution in [0.4, 0.5) is 0 Å². The summed E-state index contributed by atoms with van der Waals surface area (Å²) in [6.07, 6.45) is 5.58. The Morgan fingerprint density at radius 1 is 1.12 bits per heavy atom. The molecule has 0 bridgehead atoms. The van der Waals surface area contributed by atoms with Crippen LogP contribution in [0.2, 0.25) is 0 Å². The highest BCUT2D eigenvalue weighted by Gasteiger charge is 2.44. The molecule has 1 unspecified atom stereocenters. The fraction of sp³-hybridized carbons (Fsp3) is 0.407. The van der Waals surface area contributed by atoms with E-state index >= 15 is 0 Å². The number of para-hydroxylation sites is 1. The van der Waals surface area contributed by atoms with Gasteiger partial charge in [0.1, 0.15) is 0 Å². The van der Waals surface area contributed by atoms with Gasteiger partial charge in [0.2, 0.25) is 0 Å². The molecule has 0 spiro atoms. The van der Waals surface area contributed by atoms with Gasteiger partial charge < -0.3 is 32.8 Å². The second-order valence-electron chi connectivity index (χ2n) is 9.14. The lowest BCUT2D eigenvalue weighted by molar-refractivity contribution is -0.405. The van der Waals surface area contributed by atoms with Crippen molar-refractivity contribution < 1.29 is 32.5 Å². The maximum atomic E-state index is 13.5. The minimum absolute atomic E-state index is 0. The largest absolute Gasteiger partial charge is 1.00 e.